The van der Waals surface area contributed by atoms with E-state index in [1.807, 2.05) is 0 Å². The Bertz CT molecular complexity index is 368. The molecule has 1 aliphatic heterocycles. The summed E-state index contributed by atoms with van der Waals surface area (Å²) in [7, 11) is 0. The molecule has 1 heterocycles. The molecule has 0 bridgehead atoms. The molecule has 1 saturated heterocycles. The Kier molecular flexibility index (Phi) is 5.37. The number of nitrogens with one attached hydrogen (secondary N) is 1. The molecule has 19 heavy (non-hydrogen) atoms. The van der Waals surface area contributed by atoms with Crippen molar-refractivity contribution in [2.24, 2.45) is 0 Å². The van der Waals surface area contributed by atoms with Crippen LogP contribution in [-0.2, 0) is 10.3 Å². The summed E-state index contributed by atoms with van der Waals surface area (Å²) in [5.41, 5.74) is 1.47. The van der Waals surface area contributed by atoms with Gasteiger partial charge in [-0.1, -0.05) is 37.3 Å². The summed E-state index contributed by atoms with van der Waals surface area (Å²) in [6, 6.07) is 10.8. The largest absolute Gasteiger partial charge is 0.380 e. The summed E-state index contributed by atoms with van der Waals surface area (Å²) in [6.45, 7) is 10.3. The Labute approximate surface area is 116 Å². The van der Waals surface area contributed by atoms with Gasteiger partial charge in [0.15, 0.2) is 0 Å². The van der Waals surface area contributed by atoms with E-state index >= 15 is 0 Å². The maximum atomic E-state index is 5.65. The SMILES string of the molecule is CCCOCCN1CCNCC1(C)c1ccccc1. The van der Waals surface area contributed by atoms with Gasteiger partial charge in [-0.2, -0.15) is 0 Å². The van der Waals surface area contributed by atoms with Crippen molar-refractivity contribution in [1.82, 2.24) is 10.2 Å². The van der Waals surface area contributed by atoms with Gasteiger partial charge in [-0.05, 0) is 18.9 Å². The molecule has 1 N–H and O–H groups in total. The smallest absolute Gasteiger partial charge is 0.0593 e. The number of nitrogens with zero attached hydrogens (tertiary/aromatic N) is 1. The van der Waals surface area contributed by atoms with Crippen molar-refractivity contribution in [3.8, 4) is 0 Å². The minimum absolute atomic E-state index is 0.0785. The molecule has 1 unspecified atom stereocenters. The summed E-state index contributed by atoms with van der Waals surface area (Å²) in [5.74, 6) is 0. The molecule has 0 spiro atoms. The van der Waals surface area contributed by atoms with Gasteiger partial charge in [-0.25, -0.2) is 0 Å². The van der Waals surface area contributed by atoms with Gasteiger partial charge in [0.05, 0.1) is 12.1 Å². The van der Waals surface area contributed by atoms with Gasteiger partial charge in [-0.15, -0.1) is 0 Å². The van der Waals surface area contributed by atoms with Crippen LogP contribution in [0.3, 0.4) is 0 Å². The number of hydrogen-bond acceptors (Lipinski definition) is 3. The summed E-state index contributed by atoms with van der Waals surface area (Å²) in [4.78, 5) is 2.55. The Morgan fingerprint density at radius 1 is 1.26 bits per heavy atom. The zero-order valence-electron chi connectivity index (χ0n) is 12.2. The Balaban J connectivity index is 2.02. The van der Waals surface area contributed by atoms with Crippen molar-refractivity contribution in [2.45, 2.75) is 25.8 Å². The molecule has 1 aromatic carbocycles. The summed E-state index contributed by atoms with van der Waals surface area (Å²) in [6.07, 6.45) is 1.09. The Hall–Kier alpha value is -0.900. The zero-order valence-corrected chi connectivity index (χ0v) is 12.2. The Morgan fingerprint density at radius 3 is 2.79 bits per heavy atom. The van der Waals surface area contributed by atoms with Gasteiger partial charge in [0.1, 0.15) is 0 Å². The average molecular weight is 262 g/mol. The zero-order chi connectivity index (χ0) is 13.6. The quantitative estimate of drug-likeness (QED) is 0.796. The third kappa shape index (κ3) is 3.56. The molecule has 0 radical (unpaired) electrons. The van der Waals surface area contributed by atoms with Crippen molar-refractivity contribution in [3.05, 3.63) is 35.9 Å². The van der Waals surface area contributed by atoms with E-state index in [1.54, 1.807) is 0 Å². The first kappa shape index (κ1) is 14.5. The first-order chi connectivity index (χ1) is 9.27. The molecular weight excluding hydrogens is 236 g/mol. The highest BCUT2D eigenvalue weighted by atomic mass is 16.5. The molecule has 1 aromatic rings. The highest BCUT2D eigenvalue weighted by molar-refractivity contribution is 5.25. The topological polar surface area (TPSA) is 24.5 Å². The van der Waals surface area contributed by atoms with Crippen molar-refractivity contribution in [3.63, 3.8) is 0 Å². The monoisotopic (exact) mass is 262 g/mol. The maximum Gasteiger partial charge on any atom is 0.0593 e. The standard InChI is InChI=1S/C16H26N2O/c1-3-12-19-13-11-18-10-9-17-14-16(18,2)15-7-5-4-6-8-15/h4-8,17H,3,9-14H2,1-2H3. The van der Waals surface area contributed by atoms with Gasteiger partial charge >= 0.3 is 0 Å². The molecule has 0 aromatic heterocycles. The lowest BCUT2D eigenvalue weighted by Gasteiger charge is -2.45. The number of ether oxygens (including phenoxy) is 1. The van der Waals surface area contributed by atoms with Gasteiger partial charge in [0.2, 0.25) is 0 Å². The Morgan fingerprint density at radius 2 is 2.05 bits per heavy atom. The van der Waals surface area contributed by atoms with Crippen LogP contribution in [-0.4, -0.2) is 44.3 Å². The lowest BCUT2D eigenvalue weighted by atomic mass is 9.88. The maximum absolute atomic E-state index is 5.65. The van der Waals surface area contributed by atoms with Crippen LogP contribution in [0, 0.1) is 0 Å². The van der Waals surface area contributed by atoms with E-state index in [0.717, 1.165) is 45.8 Å². The van der Waals surface area contributed by atoms with Crippen molar-refractivity contribution < 1.29 is 4.74 Å². The van der Waals surface area contributed by atoms with E-state index in [1.165, 1.54) is 5.56 Å². The number of hydrogen-bond donors (Lipinski definition) is 1. The lowest BCUT2D eigenvalue weighted by molar-refractivity contribution is 0.0319. The van der Waals surface area contributed by atoms with E-state index in [0.29, 0.717) is 0 Å². The summed E-state index contributed by atoms with van der Waals surface area (Å²) >= 11 is 0. The molecule has 1 atom stereocenters. The van der Waals surface area contributed by atoms with Crippen LogP contribution in [0.25, 0.3) is 0 Å². The first-order valence-electron chi connectivity index (χ1n) is 7.36. The van der Waals surface area contributed by atoms with Crippen LogP contribution in [0.15, 0.2) is 30.3 Å². The lowest BCUT2D eigenvalue weighted by Crippen LogP contribution is -2.58. The van der Waals surface area contributed by atoms with E-state index in [-0.39, 0.29) is 5.54 Å². The third-order valence-electron chi connectivity index (χ3n) is 3.98. The summed E-state index contributed by atoms with van der Waals surface area (Å²) < 4.78 is 5.65. The van der Waals surface area contributed by atoms with E-state index in [2.05, 4.69) is 54.4 Å². The van der Waals surface area contributed by atoms with Crippen molar-refractivity contribution in [1.29, 1.82) is 0 Å². The fraction of sp³-hybridized carbons (Fsp3) is 0.625. The van der Waals surface area contributed by atoms with Gasteiger partial charge in [-0.3, -0.25) is 4.90 Å². The van der Waals surface area contributed by atoms with Crippen LogP contribution < -0.4 is 5.32 Å². The van der Waals surface area contributed by atoms with Crippen LogP contribution in [0.5, 0.6) is 0 Å². The first-order valence-corrected chi connectivity index (χ1v) is 7.36. The second kappa shape index (κ2) is 7.04. The number of rotatable bonds is 6. The molecule has 0 saturated carbocycles. The third-order valence-corrected chi connectivity index (χ3v) is 3.98. The van der Waals surface area contributed by atoms with E-state index in [4.69, 9.17) is 4.74 Å². The second-order valence-electron chi connectivity index (χ2n) is 5.42. The predicted molar refractivity (Wildman–Crippen MR) is 79.3 cm³/mol. The minimum atomic E-state index is 0.0785. The van der Waals surface area contributed by atoms with Gasteiger partial charge in [0, 0.05) is 32.8 Å². The van der Waals surface area contributed by atoms with Crippen LogP contribution >= 0.6 is 0 Å². The fourth-order valence-electron chi connectivity index (χ4n) is 2.77. The number of benzene rings is 1. The second-order valence-corrected chi connectivity index (χ2v) is 5.42. The molecule has 1 aliphatic rings. The van der Waals surface area contributed by atoms with Crippen molar-refractivity contribution in [2.75, 3.05) is 39.4 Å². The van der Waals surface area contributed by atoms with E-state index in [9.17, 15) is 0 Å². The minimum Gasteiger partial charge on any atom is -0.380 e. The normalized spacial score (nSPS) is 24.5. The van der Waals surface area contributed by atoms with Crippen molar-refractivity contribution >= 4 is 0 Å². The molecular formula is C16H26N2O. The fourth-order valence-corrected chi connectivity index (χ4v) is 2.77. The molecule has 0 amide bonds. The molecule has 2 rings (SSSR count). The molecule has 0 aliphatic carbocycles. The summed E-state index contributed by atoms with van der Waals surface area (Å²) in [5, 5.41) is 3.52. The molecule has 106 valence electrons. The van der Waals surface area contributed by atoms with E-state index < -0.39 is 0 Å². The van der Waals surface area contributed by atoms with Crippen LogP contribution in [0.1, 0.15) is 25.8 Å². The van der Waals surface area contributed by atoms with Crippen LogP contribution in [0.4, 0.5) is 0 Å². The number of piperazine rings is 1. The predicted octanol–water partition coefficient (Wildman–Crippen LogP) is 2.23. The highest BCUT2D eigenvalue weighted by Gasteiger charge is 2.35. The highest BCUT2D eigenvalue weighted by Crippen LogP contribution is 2.29. The van der Waals surface area contributed by atoms with Gasteiger partial charge < -0.3 is 10.1 Å². The molecule has 3 nitrogen and oxygen atoms in total. The van der Waals surface area contributed by atoms with Crippen LogP contribution in [0.2, 0.25) is 0 Å². The average Bonchev–Trinajstić information content (AvgIpc) is 2.46. The molecule has 1 fully saturated rings. The molecule has 3 heteroatoms. The van der Waals surface area contributed by atoms with Gasteiger partial charge in [0.25, 0.3) is 0 Å².